The second-order valence-corrected chi connectivity index (χ2v) is 12.3. The van der Waals surface area contributed by atoms with Gasteiger partial charge in [-0.2, -0.15) is 5.26 Å². The summed E-state index contributed by atoms with van der Waals surface area (Å²) in [6.07, 6.45) is 1.68. The molecule has 0 aliphatic heterocycles. The van der Waals surface area contributed by atoms with Crippen LogP contribution in [0.4, 0.5) is 5.88 Å². The highest BCUT2D eigenvalue weighted by Gasteiger charge is 2.23. The molecule has 43 heavy (non-hydrogen) atoms. The zero-order valence-electron chi connectivity index (χ0n) is 22.8. The Hall–Kier alpha value is -3.24. The van der Waals surface area contributed by atoms with Crippen molar-refractivity contribution in [1.82, 2.24) is 0 Å². The predicted octanol–water partition coefficient (Wildman–Crippen LogP) is 10.3. The highest BCUT2D eigenvalue weighted by Crippen LogP contribution is 2.43. The van der Waals surface area contributed by atoms with Gasteiger partial charge in [0, 0.05) is 33.0 Å². The summed E-state index contributed by atoms with van der Waals surface area (Å²) >= 11 is 16.8. The number of ether oxygens (including phenoxy) is 3. The van der Waals surface area contributed by atoms with Crippen molar-refractivity contribution < 1.29 is 18.6 Å². The maximum atomic E-state index is 10.2. The van der Waals surface area contributed by atoms with Crippen LogP contribution >= 0.6 is 68.4 Å². The van der Waals surface area contributed by atoms with Gasteiger partial charge in [0.2, 0.25) is 5.88 Å². The number of nitrogens with zero attached hydrogens (tertiary/aromatic N) is 2. The number of methoxy groups -OCH3 is 2. The van der Waals surface area contributed by atoms with E-state index in [4.69, 9.17) is 41.8 Å². The first-order chi connectivity index (χ1) is 20.8. The second-order valence-electron chi connectivity index (χ2n) is 9.15. The van der Waals surface area contributed by atoms with Gasteiger partial charge in [-0.1, -0.05) is 41.4 Å². The van der Waals surface area contributed by atoms with Crippen LogP contribution in [-0.4, -0.2) is 20.4 Å². The molecule has 1 heterocycles. The van der Waals surface area contributed by atoms with Gasteiger partial charge >= 0.3 is 0 Å². The molecule has 0 unspecified atom stereocenters. The minimum atomic E-state index is 0.210. The monoisotopic (exact) mass is 834 g/mol. The maximum absolute atomic E-state index is 10.2. The van der Waals surface area contributed by atoms with Crippen LogP contribution in [0.1, 0.15) is 16.7 Å². The number of halogens is 4. The highest BCUT2D eigenvalue weighted by atomic mass is 127. The molecular formula is C33H22Cl2I2N2O4. The summed E-state index contributed by atoms with van der Waals surface area (Å²) in [5.41, 5.74) is 4.23. The van der Waals surface area contributed by atoms with E-state index in [1.54, 1.807) is 32.6 Å². The van der Waals surface area contributed by atoms with E-state index in [0.717, 1.165) is 35.1 Å². The Morgan fingerprint density at radius 2 is 1.47 bits per heavy atom. The van der Waals surface area contributed by atoms with Crippen LogP contribution in [0.25, 0.3) is 22.5 Å². The van der Waals surface area contributed by atoms with Gasteiger partial charge < -0.3 is 18.6 Å². The quantitative estimate of drug-likeness (QED) is 0.109. The lowest BCUT2D eigenvalue weighted by atomic mass is 9.98. The number of furan rings is 1. The molecule has 216 valence electrons. The van der Waals surface area contributed by atoms with Crippen LogP contribution in [0.15, 0.2) is 88.3 Å². The minimum absolute atomic E-state index is 0.210. The molecule has 0 N–H and O–H groups in total. The molecule has 0 radical (unpaired) electrons. The van der Waals surface area contributed by atoms with Gasteiger partial charge in [0.05, 0.1) is 21.4 Å². The summed E-state index contributed by atoms with van der Waals surface area (Å²) in [7, 11) is 3.22. The predicted molar refractivity (Wildman–Crippen MR) is 187 cm³/mol. The average Bonchev–Trinajstić information content (AvgIpc) is 3.39. The van der Waals surface area contributed by atoms with Gasteiger partial charge in [-0.25, -0.2) is 4.99 Å². The Morgan fingerprint density at radius 1 is 0.860 bits per heavy atom. The first kappa shape index (κ1) is 31.2. The SMILES string of the molecule is COc1ccc(-c2oc(N=Cc3cc(I)c(OCc4ccc(Cl)cc4Cl)c(I)c3)c(C#N)c2-c2ccc(OC)cc2)cc1. The molecule has 0 amide bonds. The molecule has 0 spiro atoms. The van der Waals surface area contributed by atoms with Crippen molar-refractivity contribution in [2.24, 2.45) is 4.99 Å². The lowest BCUT2D eigenvalue weighted by Crippen LogP contribution is -2.00. The first-order valence-electron chi connectivity index (χ1n) is 12.8. The van der Waals surface area contributed by atoms with Crippen LogP contribution in [-0.2, 0) is 6.61 Å². The smallest absolute Gasteiger partial charge is 0.238 e. The Morgan fingerprint density at radius 3 is 2.02 bits per heavy atom. The first-order valence-corrected chi connectivity index (χ1v) is 15.7. The third-order valence-corrected chi connectivity index (χ3v) is 8.66. The Balaban J connectivity index is 1.49. The molecule has 1 aromatic heterocycles. The zero-order valence-corrected chi connectivity index (χ0v) is 28.7. The molecule has 0 saturated heterocycles. The van der Waals surface area contributed by atoms with Crippen LogP contribution in [0.2, 0.25) is 10.0 Å². The Labute approximate surface area is 286 Å². The molecule has 0 saturated carbocycles. The zero-order chi connectivity index (χ0) is 30.5. The summed E-state index contributed by atoms with van der Waals surface area (Å²) in [6, 6.07) is 26.5. The van der Waals surface area contributed by atoms with Crippen molar-refractivity contribution in [3.05, 3.63) is 113 Å². The third kappa shape index (κ3) is 7.12. The molecule has 6 nitrogen and oxygen atoms in total. The summed E-state index contributed by atoms with van der Waals surface area (Å²) in [6.45, 7) is 0.301. The van der Waals surface area contributed by atoms with Crippen LogP contribution < -0.4 is 14.2 Å². The molecule has 0 aliphatic rings. The van der Waals surface area contributed by atoms with E-state index in [0.29, 0.717) is 45.0 Å². The molecule has 10 heteroatoms. The van der Waals surface area contributed by atoms with Crippen molar-refractivity contribution >= 4 is 80.5 Å². The van der Waals surface area contributed by atoms with Gasteiger partial charge in [0.1, 0.15) is 41.2 Å². The van der Waals surface area contributed by atoms with Gasteiger partial charge in [-0.15, -0.1) is 0 Å². The molecule has 4 aromatic carbocycles. The standard InChI is InChI=1S/C33H22Cl2I2N2O4/c1-40-24-9-4-20(5-10-24)30-26(16-38)33(43-31(30)21-6-11-25(41-2)12-7-21)39-17-19-13-28(36)32(29(37)14-19)42-18-22-3-8-23(34)15-27(22)35/h3-15,17H,18H2,1-2H3. The molecule has 5 rings (SSSR count). The lowest BCUT2D eigenvalue weighted by Gasteiger charge is -2.12. The lowest BCUT2D eigenvalue weighted by molar-refractivity contribution is 0.302. The number of hydrogen-bond acceptors (Lipinski definition) is 6. The molecule has 5 aromatic rings. The number of rotatable bonds is 9. The molecular weight excluding hydrogens is 813 g/mol. The van der Waals surface area contributed by atoms with Crippen molar-refractivity contribution in [1.29, 1.82) is 5.26 Å². The largest absolute Gasteiger partial charge is 0.497 e. The fourth-order valence-corrected chi connectivity index (χ4v) is 6.90. The molecule has 0 aliphatic carbocycles. The van der Waals surface area contributed by atoms with E-state index in [1.807, 2.05) is 66.7 Å². The van der Waals surface area contributed by atoms with Crippen LogP contribution in [0.5, 0.6) is 17.2 Å². The Bertz CT molecular complexity index is 1820. The number of benzene rings is 4. The van der Waals surface area contributed by atoms with Crippen molar-refractivity contribution in [3.63, 3.8) is 0 Å². The summed E-state index contributed by atoms with van der Waals surface area (Å²) in [5.74, 6) is 2.91. The van der Waals surface area contributed by atoms with E-state index in [9.17, 15) is 5.26 Å². The van der Waals surface area contributed by atoms with Crippen LogP contribution in [0.3, 0.4) is 0 Å². The topological polar surface area (TPSA) is 77.0 Å². The fourth-order valence-electron chi connectivity index (χ4n) is 4.31. The van der Waals surface area contributed by atoms with E-state index in [1.165, 1.54) is 0 Å². The van der Waals surface area contributed by atoms with E-state index in [2.05, 4.69) is 56.2 Å². The summed E-state index contributed by atoms with van der Waals surface area (Å²) in [5, 5.41) is 11.4. The summed E-state index contributed by atoms with van der Waals surface area (Å²) < 4.78 is 24.8. The molecule has 0 bridgehead atoms. The number of nitriles is 1. The second kappa shape index (κ2) is 14.0. The maximum Gasteiger partial charge on any atom is 0.238 e. The van der Waals surface area contributed by atoms with Crippen LogP contribution in [0, 0.1) is 18.5 Å². The van der Waals surface area contributed by atoms with Gasteiger partial charge in [-0.3, -0.25) is 0 Å². The molecule has 0 fully saturated rings. The number of hydrogen-bond donors (Lipinski definition) is 0. The Kier molecular flexibility index (Phi) is 10.2. The fraction of sp³-hybridized carbons (Fsp3) is 0.0909. The third-order valence-electron chi connectivity index (χ3n) is 6.47. The van der Waals surface area contributed by atoms with Gasteiger partial charge in [0.25, 0.3) is 0 Å². The van der Waals surface area contributed by atoms with Crippen molar-refractivity contribution in [2.75, 3.05) is 14.2 Å². The number of aliphatic imine (C=N–C) groups is 1. The van der Waals surface area contributed by atoms with Gasteiger partial charge in [0.15, 0.2) is 0 Å². The van der Waals surface area contributed by atoms with E-state index >= 15 is 0 Å². The van der Waals surface area contributed by atoms with E-state index < -0.39 is 0 Å². The van der Waals surface area contributed by atoms with Gasteiger partial charge in [-0.05, 0) is 117 Å². The molecule has 0 atom stereocenters. The van der Waals surface area contributed by atoms with E-state index in [-0.39, 0.29) is 5.88 Å². The normalized spacial score (nSPS) is 11.0. The van der Waals surface area contributed by atoms with Crippen molar-refractivity contribution in [2.45, 2.75) is 6.61 Å². The van der Waals surface area contributed by atoms with Crippen molar-refractivity contribution in [3.8, 4) is 45.8 Å². The minimum Gasteiger partial charge on any atom is -0.497 e. The average molecular weight is 835 g/mol. The summed E-state index contributed by atoms with van der Waals surface area (Å²) in [4.78, 5) is 4.63. The highest BCUT2D eigenvalue weighted by molar-refractivity contribution is 14.1.